The Morgan fingerprint density at radius 1 is 1.06 bits per heavy atom. The maximum absolute atomic E-state index is 15.3. The molecule has 160 valence electrons. The SMILES string of the molecule is Cc1c(S(N)(=O)=O)ccc(-c2ccc(F)c(Nc3ncnc4sc(Br)nc34)c2F)c1F. The van der Waals surface area contributed by atoms with Gasteiger partial charge in [-0.3, -0.25) is 0 Å². The number of anilines is 2. The fourth-order valence-corrected chi connectivity index (χ4v) is 5.04. The second-order valence-corrected chi connectivity index (χ2v) is 10.1. The highest BCUT2D eigenvalue weighted by Gasteiger charge is 2.23. The molecule has 0 fully saturated rings. The zero-order valence-electron chi connectivity index (χ0n) is 15.5. The predicted molar refractivity (Wildman–Crippen MR) is 114 cm³/mol. The van der Waals surface area contributed by atoms with Gasteiger partial charge in [-0.15, -0.1) is 0 Å². The molecule has 0 aliphatic carbocycles. The number of nitrogens with one attached hydrogen (secondary N) is 1. The van der Waals surface area contributed by atoms with E-state index < -0.39 is 38.1 Å². The first-order chi connectivity index (χ1) is 14.6. The van der Waals surface area contributed by atoms with Crippen molar-refractivity contribution in [3.8, 4) is 11.1 Å². The van der Waals surface area contributed by atoms with Crippen molar-refractivity contribution in [3.63, 3.8) is 0 Å². The van der Waals surface area contributed by atoms with Crippen LogP contribution in [0.1, 0.15) is 5.56 Å². The monoisotopic (exact) mass is 529 g/mol. The van der Waals surface area contributed by atoms with Crippen molar-refractivity contribution in [1.82, 2.24) is 15.0 Å². The highest BCUT2D eigenvalue weighted by atomic mass is 79.9. The lowest BCUT2D eigenvalue weighted by Gasteiger charge is -2.14. The van der Waals surface area contributed by atoms with Crippen LogP contribution < -0.4 is 10.5 Å². The van der Waals surface area contributed by atoms with Gasteiger partial charge in [0.25, 0.3) is 0 Å². The second-order valence-electron chi connectivity index (χ2n) is 6.35. The van der Waals surface area contributed by atoms with Gasteiger partial charge in [0.05, 0.1) is 4.90 Å². The second kappa shape index (κ2) is 7.82. The Morgan fingerprint density at radius 2 is 1.74 bits per heavy atom. The van der Waals surface area contributed by atoms with Gasteiger partial charge in [-0.2, -0.15) is 0 Å². The van der Waals surface area contributed by atoms with E-state index >= 15 is 4.39 Å². The van der Waals surface area contributed by atoms with Gasteiger partial charge in [0.2, 0.25) is 10.0 Å². The molecule has 13 heteroatoms. The van der Waals surface area contributed by atoms with Crippen molar-refractivity contribution in [2.45, 2.75) is 11.8 Å². The molecule has 4 rings (SSSR count). The molecule has 0 bridgehead atoms. The molecule has 2 aromatic carbocycles. The molecule has 31 heavy (non-hydrogen) atoms. The summed E-state index contributed by atoms with van der Waals surface area (Å²) < 4.78 is 68.3. The van der Waals surface area contributed by atoms with Gasteiger partial charge in [0, 0.05) is 16.7 Å². The van der Waals surface area contributed by atoms with E-state index in [9.17, 15) is 17.2 Å². The Bertz CT molecular complexity index is 1460. The summed E-state index contributed by atoms with van der Waals surface area (Å²) in [4.78, 5) is 12.3. The normalized spacial score (nSPS) is 11.8. The van der Waals surface area contributed by atoms with Gasteiger partial charge in [0.15, 0.2) is 15.6 Å². The maximum atomic E-state index is 15.3. The van der Waals surface area contributed by atoms with Gasteiger partial charge >= 0.3 is 0 Å². The van der Waals surface area contributed by atoms with Crippen molar-refractivity contribution in [2.75, 3.05) is 5.32 Å². The number of thiazole rings is 1. The van der Waals surface area contributed by atoms with Crippen molar-refractivity contribution in [2.24, 2.45) is 5.14 Å². The Kier molecular flexibility index (Phi) is 5.45. The highest BCUT2D eigenvalue weighted by Crippen LogP contribution is 2.36. The van der Waals surface area contributed by atoms with Crippen LogP contribution in [0.15, 0.2) is 39.4 Å². The molecule has 0 atom stereocenters. The quantitative estimate of drug-likeness (QED) is 0.398. The molecule has 0 saturated heterocycles. The van der Waals surface area contributed by atoms with Gasteiger partial charge in [-0.05, 0) is 47.1 Å². The summed E-state index contributed by atoms with van der Waals surface area (Å²) in [5.41, 5.74) is -1.09. The van der Waals surface area contributed by atoms with E-state index in [0.29, 0.717) is 14.3 Å². The Labute approximate surface area is 186 Å². The molecule has 0 radical (unpaired) electrons. The lowest BCUT2D eigenvalue weighted by molar-refractivity contribution is 0.584. The van der Waals surface area contributed by atoms with Crippen LogP contribution in [-0.2, 0) is 10.0 Å². The number of hydrogen-bond acceptors (Lipinski definition) is 7. The minimum absolute atomic E-state index is 0.0584. The summed E-state index contributed by atoms with van der Waals surface area (Å²) in [5, 5.41) is 7.63. The smallest absolute Gasteiger partial charge is 0.238 e. The van der Waals surface area contributed by atoms with Crippen molar-refractivity contribution in [1.29, 1.82) is 0 Å². The Balaban J connectivity index is 1.85. The predicted octanol–water partition coefficient (Wildman–Crippen LogP) is 4.63. The number of nitrogens with two attached hydrogens (primary N) is 1. The summed E-state index contributed by atoms with van der Waals surface area (Å²) in [7, 11) is -4.17. The number of fused-ring (bicyclic) bond motifs is 1. The fraction of sp³-hybridized carbons (Fsp3) is 0.0556. The van der Waals surface area contributed by atoms with Crippen LogP contribution in [0.4, 0.5) is 24.7 Å². The molecule has 0 amide bonds. The first-order valence-corrected chi connectivity index (χ1v) is 11.6. The number of benzene rings is 2. The van der Waals surface area contributed by atoms with Crippen LogP contribution in [-0.4, -0.2) is 23.4 Å². The number of halogens is 4. The zero-order valence-corrected chi connectivity index (χ0v) is 18.7. The van der Waals surface area contributed by atoms with E-state index in [1.165, 1.54) is 24.6 Å². The van der Waals surface area contributed by atoms with E-state index in [0.717, 1.165) is 24.3 Å². The maximum Gasteiger partial charge on any atom is 0.238 e. The lowest BCUT2D eigenvalue weighted by Crippen LogP contribution is -2.14. The molecule has 0 saturated carbocycles. The summed E-state index contributed by atoms with van der Waals surface area (Å²) in [6, 6.07) is 4.15. The zero-order chi connectivity index (χ0) is 22.5. The van der Waals surface area contributed by atoms with Gasteiger partial charge < -0.3 is 5.32 Å². The Morgan fingerprint density at radius 3 is 2.45 bits per heavy atom. The minimum Gasteiger partial charge on any atom is -0.333 e. The van der Waals surface area contributed by atoms with Crippen molar-refractivity contribution < 1.29 is 21.6 Å². The summed E-state index contributed by atoms with van der Waals surface area (Å²) >= 11 is 4.43. The molecule has 0 aliphatic heterocycles. The van der Waals surface area contributed by atoms with Gasteiger partial charge in [-0.1, -0.05) is 11.3 Å². The molecule has 0 spiro atoms. The molecule has 2 heterocycles. The topological polar surface area (TPSA) is 111 Å². The van der Waals surface area contributed by atoms with Crippen molar-refractivity contribution >= 4 is 59.1 Å². The average molecular weight is 530 g/mol. The number of rotatable bonds is 4. The van der Waals surface area contributed by atoms with Crippen LogP contribution in [0.2, 0.25) is 0 Å². The van der Waals surface area contributed by atoms with Gasteiger partial charge in [-0.25, -0.2) is 41.7 Å². The van der Waals surface area contributed by atoms with E-state index in [-0.39, 0.29) is 22.5 Å². The standard InChI is InChI=1S/C18H11BrF3N5O2S2/c1-7-11(31(23,28)29)5-3-8(12(7)21)9-2-4-10(20)14(13(9)22)26-16-15-17(25-6-24-16)30-18(19)27-15/h2-6H,1H3,(H2,23,28,29)(H,24,25,26). The van der Waals surface area contributed by atoms with E-state index in [1.807, 2.05) is 0 Å². The third kappa shape index (κ3) is 3.89. The van der Waals surface area contributed by atoms with Crippen LogP contribution in [0.3, 0.4) is 0 Å². The van der Waals surface area contributed by atoms with Crippen molar-refractivity contribution in [3.05, 3.63) is 57.5 Å². The summed E-state index contributed by atoms with van der Waals surface area (Å²) in [5.74, 6) is -2.97. The van der Waals surface area contributed by atoms with Crippen LogP contribution in [0.5, 0.6) is 0 Å². The number of nitrogens with zero attached hydrogens (tertiary/aromatic N) is 3. The molecular formula is C18H11BrF3N5O2S2. The summed E-state index contributed by atoms with van der Waals surface area (Å²) in [6.07, 6.45) is 1.21. The third-order valence-corrected chi connectivity index (χ3v) is 6.91. The number of hydrogen-bond donors (Lipinski definition) is 2. The molecule has 4 aromatic rings. The minimum atomic E-state index is -4.17. The van der Waals surface area contributed by atoms with Crippen LogP contribution in [0.25, 0.3) is 21.5 Å². The molecule has 0 aliphatic rings. The number of primary sulfonamides is 1. The molecule has 0 unspecified atom stereocenters. The Hall–Kier alpha value is -2.61. The van der Waals surface area contributed by atoms with E-state index in [2.05, 4.69) is 36.2 Å². The first-order valence-electron chi connectivity index (χ1n) is 8.42. The first kappa shape index (κ1) is 21.6. The van der Waals surface area contributed by atoms with E-state index in [1.54, 1.807) is 0 Å². The summed E-state index contributed by atoms with van der Waals surface area (Å²) in [6.45, 7) is 1.21. The van der Waals surface area contributed by atoms with E-state index in [4.69, 9.17) is 5.14 Å². The highest BCUT2D eigenvalue weighted by molar-refractivity contribution is 9.11. The lowest BCUT2D eigenvalue weighted by atomic mass is 10.0. The molecule has 7 nitrogen and oxygen atoms in total. The molecule has 3 N–H and O–H groups in total. The van der Waals surface area contributed by atoms with Crippen LogP contribution >= 0.6 is 27.3 Å². The number of aromatic nitrogens is 3. The largest absolute Gasteiger partial charge is 0.333 e. The fourth-order valence-electron chi connectivity index (χ4n) is 3.00. The average Bonchev–Trinajstić information content (AvgIpc) is 3.08. The third-order valence-electron chi connectivity index (χ3n) is 4.44. The molecular weight excluding hydrogens is 519 g/mol. The van der Waals surface area contributed by atoms with Gasteiger partial charge in [0.1, 0.15) is 34.0 Å². The number of sulfonamides is 1. The van der Waals surface area contributed by atoms with Crippen LogP contribution in [0, 0.1) is 24.4 Å². The molecule has 2 aromatic heterocycles.